The van der Waals surface area contributed by atoms with E-state index in [0.29, 0.717) is 0 Å². The van der Waals surface area contributed by atoms with Crippen LogP contribution >= 0.6 is 0 Å². The Labute approximate surface area is 212 Å². The van der Waals surface area contributed by atoms with E-state index >= 15 is 0 Å². The molecule has 6 rings (SSSR count). The topological polar surface area (TPSA) is 25.8 Å². The van der Waals surface area contributed by atoms with E-state index in [1.807, 2.05) is 12.3 Å². The molecule has 36 heavy (non-hydrogen) atoms. The van der Waals surface area contributed by atoms with Crippen LogP contribution in [0.2, 0.25) is 0 Å². The normalized spacial score (nSPS) is 11.8. The lowest BCUT2D eigenvalue weighted by atomic mass is 9.86. The number of aromatic nitrogens is 2. The average molecular weight is 465 g/mol. The van der Waals surface area contributed by atoms with Crippen LogP contribution in [0.3, 0.4) is 0 Å². The molecule has 0 N–H and O–H groups in total. The van der Waals surface area contributed by atoms with Crippen LogP contribution in [0.1, 0.15) is 26.3 Å². The first kappa shape index (κ1) is 22.2. The number of benzene rings is 4. The molecule has 0 fully saturated rings. The van der Waals surface area contributed by atoms with Gasteiger partial charge in [-0.05, 0) is 45.4 Å². The molecule has 2 heteroatoms. The Morgan fingerprint density at radius 3 is 1.72 bits per heavy atom. The quantitative estimate of drug-likeness (QED) is 0.244. The Morgan fingerprint density at radius 1 is 0.528 bits per heavy atom. The van der Waals surface area contributed by atoms with E-state index in [-0.39, 0.29) is 5.41 Å². The van der Waals surface area contributed by atoms with Crippen LogP contribution in [-0.2, 0) is 5.41 Å². The van der Waals surface area contributed by atoms with Crippen molar-refractivity contribution in [2.24, 2.45) is 0 Å². The van der Waals surface area contributed by atoms with Crippen molar-refractivity contribution < 1.29 is 0 Å². The predicted octanol–water partition coefficient (Wildman–Crippen LogP) is 9.08. The van der Waals surface area contributed by atoms with E-state index < -0.39 is 0 Å². The second-order valence-electron chi connectivity index (χ2n) is 10.3. The van der Waals surface area contributed by atoms with Gasteiger partial charge in [-0.3, -0.25) is 4.98 Å². The average Bonchev–Trinajstić information content (AvgIpc) is 2.92. The van der Waals surface area contributed by atoms with Gasteiger partial charge in [0.15, 0.2) is 0 Å². The summed E-state index contributed by atoms with van der Waals surface area (Å²) < 4.78 is 0. The lowest BCUT2D eigenvalue weighted by molar-refractivity contribution is 0.590. The second-order valence-corrected chi connectivity index (χ2v) is 10.3. The van der Waals surface area contributed by atoms with Crippen LogP contribution < -0.4 is 0 Å². The Balaban J connectivity index is 1.64. The third kappa shape index (κ3) is 3.95. The minimum absolute atomic E-state index is 0.110. The van der Waals surface area contributed by atoms with Gasteiger partial charge < -0.3 is 0 Å². The summed E-state index contributed by atoms with van der Waals surface area (Å²) >= 11 is 0. The minimum Gasteiger partial charge on any atom is -0.254 e. The van der Waals surface area contributed by atoms with Gasteiger partial charge in [0.2, 0.25) is 0 Å². The van der Waals surface area contributed by atoms with Gasteiger partial charge in [0, 0.05) is 22.5 Å². The molecule has 174 valence electrons. The standard InChI is InChI=1S/C34H28N2/c1-34(2,3)26-16-14-25(15-17-26)31-22-30(24-12-8-5-9-13-24)29-19-18-28-27(23-10-6-4-7-11-23)20-21-35-32(28)33(29)36-31/h4-22H,1-3H3. The van der Waals surface area contributed by atoms with E-state index in [1.165, 1.54) is 27.8 Å². The van der Waals surface area contributed by atoms with Gasteiger partial charge in [-0.1, -0.05) is 118 Å². The molecule has 2 heterocycles. The monoisotopic (exact) mass is 464 g/mol. The molecule has 0 saturated heterocycles. The molecule has 2 aromatic heterocycles. The van der Waals surface area contributed by atoms with Gasteiger partial charge in [0.25, 0.3) is 0 Å². The highest BCUT2D eigenvalue weighted by Gasteiger charge is 2.16. The molecule has 0 aliphatic heterocycles. The largest absolute Gasteiger partial charge is 0.254 e. The van der Waals surface area contributed by atoms with Crippen LogP contribution in [-0.4, -0.2) is 9.97 Å². The summed E-state index contributed by atoms with van der Waals surface area (Å²) in [6.07, 6.45) is 1.90. The van der Waals surface area contributed by atoms with Gasteiger partial charge in [-0.2, -0.15) is 0 Å². The zero-order chi connectivity index (χ0) is 24.7. The number of nitrogens with zero attached hydrogens (tertiary/aromatic N) is 2. The van der Waals surface area contributed by atoms with Crippen LogP contribution in [0.5, 0.6) is 0 Å². The molecule has 6 aromatic rings. The Bertz CT molecular complexity index is 1680. The van der Waals surface area contributed by atoms with Crippen molar-refractivity contribution in [2.45, 2.75) is 26.2 Å². The van der Waals surface area contributed by atoms with E-state index in [4.69, 9.17) is 9.97 Å². The molecule has 0 unspecified atom stereocenters. The second kappa shape index (κ2) is 8.73. The summed E-state index contributed by atoms with van der Waals surface area (Å²) in [6, 6.07) is 38.6. The predicted molar refractivity (Wildman–Crippen MR) is 152 cm³/mol. The molecule has 0 amide bonds. The van der Waals surface area contributed by atoms with E-state index in [2.05, 4.69) is 124 Å². The molecule has 0 atom stereocenters. The number of hydrogen-bond donors (Lipinski definition) is 0. The van der Waals surface area contributed by atoms with Gasteiger partial charge in [0.1, 0.15) is 0 Å². The SMILES string of the molecule is CC(C)(C)c1ccc(-c2cc(-c3ccccc3)c3ccc4c(-c5ccccc5)ccnc4c3n2)cc1. The Morgan fingerprint density at radius 2 is 1.11 bits per heavy atom. The van der Waals surface area contributed by atoms with Crippen molar-refractivity contribution in [1.82, 2.24) is 9.97 Å². The molecule has 4 aromatic carbocycles. The summed E-state index contributed by atoms with van der Waals surface area (Å²) in [5.41, 5.74) is 10.1. The molecular weight excluding hydrogens is 436 g/mol. The summed E-state index contributed by atoms with van der Waals surface area (Å²) in [7, 11) is 0. The summed E-state index contributed by atoms with van der Waals surface area (Å²) in [5.74, 6) is 0. The lowest BCUT2D eigenvalue weighted by Gasteiger charge is -2.19. The van der Waals surface area contributed by atoms with Crippen LogP contribution in [0.15, 0.2) is 115 Å². The highest BCUT2D eigenvalue weighted by atomic mass is 14.8. The number of rotatable bonds is 3. The van der Waals surface area contributed by atoms with Crippen molar-refractivity contribution in [2.75, 3.05) is 0 Å². The number of pyridine rings is 2. The fourth-order valence-electron chi connectivity index (χ4n) is 4.92. The van der Waals surface area contributed by atoms with Crippen LogP contribution in [0.25, 0.3) is 55.3 Å². The number of hydrogen-bond acceptors (Lipinski definition) is 2. The maximum Gasteiger partial charge on any atom is 0.0978 e. The zero-order valence-electron chi connectivity index (χ0n) is 20.9. The molecular formula is C34H28N2. The lowest BCUT2D eigenvalue weighted by Crippen LogP contribution is -2.10. The molecule has 0 radical (unpaired) electrons. The molecule has 0 aliphatic carbocycles. The maximum atomic E-state index is 5.22. The van der Waals surface area contributed by atoms with Crippen molar-refractivity contribution in [3.8, 4) is 33.5 Å². The van der Waals surface area contributed by atoms with E-state index in [9.17, 15) is 0 Å². The Kier molecular flexibility index (Phi) is 5.38. The fourth-order valence-corrected chi connectivity index (χ4v) is 4.92. The fraction of sp³-hybridized carbons (Fsp3) is 0.118. The van der Waals surface area contributed by atoms with Crippen molar-refractivity contribution in [3.05, 3.63) is 121 Å². The summed E-state index contributed by atoms with van der Waals surface area (Å²) in [4.78, 5) is 10.1. The third-order valence-corrected chi connectivity index (χ3v) is 6.91. The first-order valence-corrected chi connectivity index (χ1v) is 12.4. The van der Waals surface area contributed by atoms with Crippen LogP contribution in [0.4, 0.5) is 0 Å². The first-order valence-electron chi connectivity index (χ1n) is 12.4. The van der Waals surface area contributed by atoms with Gasteiger partial charge >= 0.3 is 0 Å². The summed E-state index contributed by atoms with van der Waals surface area (Å²) in [5, 5.41) is 2.23. The molecule has 2 nitrogen and oxygen atoms in total. The maximum absolute atomic E-state index is 5.22. The minimum atomic E-state index is 0.110. The molecule has 0 saturated carbocycles. The van der Waals surface area contributed by atoms with Gasteiger partial charge in [0.05, 0.1) is 16.7 Å². The highest BCUT2D eigenvalue weighted by Crippen LogP contribution is 2.37. The molecule has 0 aliphatic rings. The third-order valence-electron chi connectivity index (χ3n) is 6.91. The zero-order valence-corrected chi connectivity index (χ0v) is 20.9. The smallest absolute Gasteiger partial charge is 0.0978 e. The van der Waals surface area contributed by atoms with Crippen molar-refractivity contribution in [1.29, 1.82) is 0 Å². The Hall–Kier alpha value is -4.30. The van der Waals surface area contributed by atoms with E-state index in [1.54, 1.807) is 0 Å². The van der Waals surface area contributed by atoms with Crippen molar-refractivity contribution in [3.63, 3.8) is 0 Å². The van der Waals surface area contributed by atoms with E-state index in [0.717, 1.165) is 33.1 Å². The summed E-state index contributed by atoms with van der Waals surface area (Å²) in [6.45, 7) is 6.73. The van der Waals surface area contributed by atoms with Gasteiger partial charge in [-0.25, -0.2) is 4.98 Å². The number of fused-ring (bicyclic) bond motifs is 3. The molecule has 0 spiro atoms. The first-order chi connectivity index (χ1) is 17.5. The highest BCUT2D eigenvalue weighted by molar-refractivity contribution is 6.12. The van der Waals surface area contributed by atoms with Gasteiger partial charge in [-0.15, -0.1) is 0 Å². The van der Waals surface area contributed by atoms with Crippen LogP contribution in [0, 0.1) is 0 Å². The van der Waals surface area contributed by atoms with Crippen molar-refractivity contribution >= 4 is 21.8 Å². The molecule has 0 bridgehead atoms.